The van der Waals surface area contributed by atoms with Gasteiger partial charge in [-0.2, -0.15) is 0 Å². The van der Waals surface area contributed by atoms with Gasteiger partial charge in [0.15, 0.2) is 0 Å². The number of carbonyl (C=O) groups is 1. The first-order valence-corrected chi connectivity index (χ1v) is 10.6. The maximum absolute atomic E-state index is 11.9. The second-order valence-corrected chi connectivity index (χ2v) is 8.65. The van der Waals surface area contributed by atoms with E-state index in [0.717, 1.165) is 48.3 Å². The van der Waals surface area contributed by atoms with Crippen molar-refractivity contribution in [2.45, 2.75) is 13.8 Å². The van der Waals surface area contributed by atoms with E-state index in [0.29, 0.717) is 11.3 Å². The van der Waals surface area contributed by atoms with Crippen molar-refractivity contribution in [3.63, 3.8) is 0 Å². The van der Waals surface area contributed by atoms with E-state index in [1.807, 2.05) is 68.6 Å². The minimum atomic E-state index is -0.398. The highest BCUT2D eigenvalue weighted by atomic mass is 32.1. The summed E-state index contributed by atoms with van der Waals surface area (Å²) in [7, 11) is 0. The Kier molecular flexibility index (Phi) is 4.64. The fraction of sp³-hybridized carbons (Fsp3) is 0.0800. The lowest BCUT2D eigenvalue weighted by Crippen LogP contribution is -2.11. The summed E-state index contributed by atoms with van der Waals surface area (Å²) in [6.45, 7) is 3.89. The molecule has 31 heavy (non-hydrogen) atoms. The summed E-state index contributed by atoms with van der Waals surface area (Å²) in [5.41, 5.74) is 10.1. The zero-order valence-electron chi connectivity index (χ0n) is 17.0. The number of nitrogens with zero attached hydrogens (tertiary/aromatic N) is 2. The van der Waals surface area contributed by atoms with Crippen molar-refractivity contribution in [2.75, 3.05) is 0 Å². The van der Waals surface area contributed by atoms with E-state index < -0.39 is 5.91 Å². The molecule has 0 aliphatic carbocycles. The lowest BCUT2D eigenvalue weighted by molar-refractivity contribution is 0.100. The Labute approximate surface area is 183 Å². The van der Waals surface area contributed by atoms with E-state index in [4.69, 9.17) is 10.5 Å². The molecule has 3 heterocycles. The molecule has 0 radical (unpaired) electrons. The number of aromatic nitrogens is 2. The smallest absolute Gasteiger partial charge is 0.250 e. The Balaban J connectivity index is 1.56. The summed E-state index contributed by atoms with van der Waals surface area (Å²) in [5, 5.41) is 1.83. The second kappa shape index (κ2) is 7.49. The van der Waals surface area contributed by atoms with E-state index in [9.17, 15) is 4.79 Å². The molecule has 6 heteroatoms. The Bertz CT molecular complexity index is 1460. The van der Waals surface area contributed by atoms with Crippen LogP contribution in [0, 0.1) is 13.8 Å². The van der Waals surface area contributed by atoms with E-state index in [2.05, 4.69) is 9.97 Å². The van der Waals surface area contributed by atoms with Crippen LogP contribution in [-0.2, 0) is 0 Å². The lowest BCUT2D eigenvalue weighted by atomic mass is 10.0. The van der Waals surface area contributed by atoms with Crippen LogP contribution in [0.3, 0.4) is 0 Å². The number of ether oxygens (including phenoxy) is 1. The number of amides is 1. The summed E-state index contributed by atoms with van der Waals surface area (Å²) in [5.74, 6) is 1.04. The third-order valence-corrected chi connectivity index (χ3v) is 6.36. The third-order valence-electron chi connectivity index (χ3n) is 5.31. The van der Waals surface area contributed by atoms with Crippen LogP contribution in [0.4, 0.5) is 0 Å². The predicted octanol–water partition coefficient (Wildman–Crippen LogP) is 6.02. The quantitative estimate of drug-likeness (QED) is 0.382. The summed E-state index contributed by atoms with van der Waals surface area (Å²) in [6.07, 6.45) is 5.34. The highest BCUT2D eigenvalue weighted by Crippen LogP contribution is 2.38. The summed E-state index contributed by atoms with van der Waals surface area (Å²) in [4.78, 5) is 21.5. The van der Waals surface area contributed by atoms with Gasteiger partial charge in [-0.1, -0.05) is 12.1 Å². The SMILES string of the molecule is Cc1sc2cc(Oc3ccnc4cc(-c5cccnc5)ccc34)cc(C)c2c1C(N)=O. The Hall–Kier alpha value is -3.77. The number of fused-ring (bicyclic) bond motifs is 2. The van der Waals surface area contributed by atoms with Crippen molar-refractivity contribution in [2.24, 2.45) is 5.73 Å². The highest BCUT2D eigenvalue weighted by molar-refractivity contribution is 7.19. The van der Waals surface area contributed by atoms with Crippen LogP contribution >= 0.6 is 11.3 Å². The number of thiophene rings is 1. The molecule has 152 valence electrons. The topological polar surface area (TPSA) is 78.1 Å². The first-order chi connectivity index (χ1) is 15.0. The number of hydrogen-bond donors (Lipinski definition) is 1. The molecule has 0 aliphatic rings. The Morgan fingerprint density at radius 3 is 2.68 bits per heavy atom. The van der Waals surface area contributed by atoms with Crippen LogP contribution in [0.15, 0.2) is 67.1 Å². The molecule has 0 atom stereocenters. The summed E-state index contributed by atoms with van der Waals surface area (Å²) in [6, 6.07) is 15.8. The number of carbonyl (C=O) groups excluding carboxylic acids is 1. The van der Waals surface area contributed by atoms with Gasteiger partial charge in [0.05, 0.1) is 11.1 Å². The molecular formula is C25H19N3O2S. The lowest BCUT2D eigenvalue weighted by Gasteiger charge is -2.11. The van der Waals surface area contributed by atoms with Crippen LogP contribution in [-0.4, -0.2) is 15.9 Å². The molecule has 5 aromatic rings. The van der Waals surface area contributed by atoms with Crippen LogP contribution in [0.2, 0.25) is 0 Å². The van der Waals surface area contributed by atoms with Gasteiger partial charge in [-0.15, -0.1) is 11.3 Å². The normalized spacial score (nSPS) is 11.2. The highest BCUT2D eigenvalue weighted by Gasteiger charge is 2.17. The number of benzene rings is 2. The van der Waals surface area contributed by atoms with Gasteiger partial charge in [-0.05, 0) is 61.4 Å². The molecule has 2 aromatic carbocycles. The molecule has 3 aromatic heterocycles. The summed E-state index contributed by atoms with van der Waals surface area (Å²) >= 11 is 1.55. The van der Waals surface area contributed by atoms with Gasteiger partial charge in [0.25, 0.3) is 0 Å². The van der Waals surface area contributed by atoms with Crippen molar-refractivity contribution in [1.29, 1.82) is 0 Å². The predicted molar refractivity (Wildman–Crippen MR) is 125 cm³/mol. The number of rotatable bonds is 4. The second-order valence-electron chi connectivity index (χ2n) is 7.40. The minimum Gasteiger partial charge on any atom is -0.457 e. The Morgan fingerprint density at radius 2 is 1.90 bits per heavy atom. The minimum absolute atomic E-state index is 0.398. The third kappa shape index (κ3) is 3.41. The molecule has 2 N–H and O–H groups in total. The van der Waals surface area contributed by atoms with Gasteiger partial charge in [-0.3, -0.25) is 14.8 Å². The van der Waals surface area contributed by atoms with Crippen molar-refractivity contribution >= 4 is 38.2 Å². The first kappa shape index (κ1) is 19.2. The molecule has 0 saturated heterocycles. The van der Waals surface area contributed by atoms with Gasteiger partial charge in [0.2, 0.25) is 5.91 Å². The molecule has 0 aliphatic heterocycles. The van der Waals surface area contributed by atoms with E-state index in [-0.39, 0.29) is 0 Å². The fourth-order valence-electron chi connectivity index (χ4n) is 3.92. The zero-order chi connectivity index (χ0) is 21.5. The van der Waals surface area contributed by atoms with Crippen LogP contribution in [0.25, 0.3) is 32.1 Å². The first-order valence-electron chi connectivity index (χ1n) is 9.82. The van der Waals surface area contributed by atoms with E-state index in [1.54, 1.807) is 23.7 Å². The fourth-order valence-corrected chi connectivity index (χ4v) is 5.10. The number of nitrogens with two attached hydrogens (primary N) is 1. The maximum atomic E-state index is 11.9. The van der Waals surface area contributed by atoms with Crippen LogP contribution in [0.5, 0.6) is 11.5 Å². The van der Waals surface area contributed by atoms with Gasteiger partial charge < -0.3 is 10.5 Å². The number of aryl methyl sites for hydroxylation is 2. The molecule has 0 spiro atoms. The van der Waals surface area contributed by atoms with Gasteiger partial charge in [-0.25, -0.2) is 0 Å². The molecule has 0 saturated carbocycles. The van der Waals surface area contributed by atoms with Gasteiger partial charge in [0, 0.05) is 44.5 Å². The van der Waals surface area contributed by atoms with Gasteiger partial charge >= 0.3 is 0 Å². The molecular weight excluding hydrogens is 406 g/mol. The maximum Gasteiger partial charge on any atom is 0.250 e. The van der Waals surface area contributed by atoms with Crippen molar-refractivity contribution in [1.82, 2.24) is 9.97 Å². The molecule has 5 rings (SSSR count). The standard InChI is InChI=1S/C25H19N3O2S/c1-14-10-18(12-22-23(14)24(25(26)29)15(2)31-22)30-21-7-9-28-20-11-16(5-6-19(20)21)17-4-3-8-27-13-17/h3-13H,1-2H3,(H2,26,29). The number of hydrogen-bond acceptors (Lipinski definition) is 5. The van der Waals surface area contributed by atoms with Crippen molar-refractivity contribution in [3.8, 4) is 22.6 Å². The Morgan fingerprint density at radius 1 is 1.03 bits per heavy atom. The average Bonchev–Trinajstić information content (AvgIpc) is 3.11. The average molecular weight is 426 g/mol. The van der Waals surface area contributed by atoms with Crippen LogP contribution < -0.4 is 10.5 Å². The summed E-state index contributed by atoms with van der Waals surface area (Å²) < 4.78 is 7.26. The molecule has 5 nitrogen and oxygen atoms in total. The van der Waals surface area contributed by atoms with Crippen LogP contribution in [0.1, 0.15) is 20.8 Å². The van der Waals surface area contributed by atoms with Crippen molar-refractivity contribution in [3.05, 3.63) is 83.1 Å². The molecule has 0 unspecified atom stereocenters. The zero-order valence-corrected chi connectivity index (χ0v) is 17.9. The number of pyridine rings is 2. The number of primary amides is 1. The largest absolute Gasteiger partial charge is 0.457 e. The van der Waals surface area contributed by atoms with E-state index in [1.165, 1.54) is 0 Å². The monoisotopic (exact) mass is 425 g/mol. The molecule has 0 fully saturated rings. The van der Waals surface area contributed by atoms with Crippen molar-refractivity contribution < 1.29 is 9.53 Å². The molecule has 1 amide bonds. The van der Waals surface area contributed by atoms with Gasteiger partial charge in [0.1, 0.15) is 11.5 Å². The molecule has 0 bridgehead atoms. The van der Waals surface area contributed by atoms with E-state index >= 15 is 0 Å².